The average molecular weight is 356 g/mol. The summed E-state index contributed by atoms with van der Waals surface area (Å²) < 4.78 is 71.6. The number of rotatable bonds is 2. The number of carbonyl (C=O) groups excluding carboxylic acids is 2. The van der Waals surface area contributed by atoms with Gasteiger partial charge >= 0.3 is 5.97 Å². The summed E-state index contributed by atoms with van der Waals surface area (Å²) >= 11 is 0. The van der Waals surface area contributed by atoms with Gasteiger partial charge in [0.1, 0.15) is 11.3 Å². The van der Waals surface area contributed by atoms with Gasteiger partial charge in [-0.2, -0.15) is 0 Å². The molecule has 3 nitrogen and oxygen atoms in total. The molecule has 8 heteroatoms. The highest BCUT2D eigenvalue weighted by molar-refractivity contribution is 6.05. The van der Waals surface area contributed by atoms with Crippen LogP contribution in [0.4, 0.5) is 22.0 Å². The monoisotopic (exact) mass is 356 g/mol. The van der Waals surface area contributed by atoms with Crippen LogP contribution in [-0.4, -0.2) is 11.8 Å². The van der Waals surface area contributed by atoms with Crippen LogP contribution in [0.5, 0.6) is 5.75 Å². The number of hydrogen-bond acceptors (Lipinski definition) is 3. The Hall–Kier alpha value is -2.77. The van der Waals surface area contributed by atoms with Gasteiger partial charge in [-0.3, -0.25) is 4.79 Å². The summed E-state index contributed by atoms with van der Waals surface area (Å²) in [6, 6.07) is 4.27. The van der Waals surface area contributed by atoms with Crippen molar-refractivity contribution in [3.8, 4) is 5.75 Å². The minimum absolute atomic E-state index is 0.0622. The molecule has 0 aliphatic heterocycles. The van der Waals surface area contributed by atoms with Crippen molar-refractivity contribution in [3.05, 3.63) is 64.0 Å². The maximum absolute atomic E-state index is 13.7. The van der Waals surface area contributed by atoms with Gasteiger partial charge in [0.2, 0.25) is 5.82 Å². The Labute approximate surface area is 138 Å². The molecule has 0 spiro atoms. The van der Waals surface area contributed by atoms with Crippen LogP contribution in [0.25, 0.3) is 0 Å². The summed E-state index contributed by atoms with van der Waals surface area (Å²) in [5.41, 5.74) is -1.08. The Kier molecular flexibility index (Phi) is 4.06. The predicted molar refractivity (Wildman–Crippen MR) is 74.8 cm³/mol. The summed E-state index contributed by atoms with van der Waals surface area (Å²) in [4.78, 5) is 24.1. The van der Waals surface area contributed by atoms with Crippen molar-refractivity contribution >= 4 is 11.8 Å². The summed E-state index contributed by atoms with van der Waals surface area (Å²) in [7, 11) is 0. The highest BCUT2D eigenvalue weighted by Gasteiger charge is 2.34. The van der Waals surface area contributed by atoms with Crippen LogP contribution in [0, 0.1) is 35.0 Å². The first-order valence-corrected chi connectivity index (χ1v) is 7.13. The number of halogens is 5. The number of hydrogen-bond donors (Lipinski definition) is 0. The zero-order valence-corrected chi connectivity index (χ0v) is 12.6. The van der Waals surface area contributed by atoms with E-state index >= 15 is 0 Å². The fraction of sp³-hybridized carbons (Fsp3) is 0.176. The van der Waals surface area contributed by atoms with Crippen molar-refractivity contribution < 1.29 is 36.3 Å². The lowest BCUT2D eigenvalue weighted by atomic mass is 10.1. The van der Waals surface area contributed by atoms with Gasteiger partial charge in [0.25, 0.3) is 0 Å². The summed E-state index contributed by atoms with van der Waals surface area (Å²) in [5, 5.41) is 0. The van der Waals surface area contributed by atoms with Gasteiger partial charge in [-0.15, -0.1) is 0 Å². The molecule has 1 atom stereocenters. The number of ether oxygens (including phenoxy) is 1. The van der Waals surface area contributed by atoms with Gasteiger partial charge in [0.15, 0.2) is 29.1 Å². The average Bonchev–Trinajstić information content (AvgIpc) is 2.87. The molecule has 1 unspecified atom stereocenters. The Balaban J connectivity index is 2.04. The third-order valence-electron chi connectivity index (χ3n) is 3.95. The zero-order valence-electron chi connectivity index (χ0n) is 12.6. The van der Waals surface area contributed by atoms with Crippen LogP contribution >= 0.6 is 0 Å². The number of benzene rings is 2. The van der Waals surface area contributed by atoms with Crippen LogP contribution in [0.3, 0.4) is 0 Å². The minimum atomic E-state index is -2.38. The molecule has 1 aliphatic rings. The second-order valence-electron chi connectivity index (χ2n) is 5.59. The van der Waals surface area contributed by atoms with E-state index in [0.29, 0.717) is 12.0 Å². The van der Waals surface area contributed by atoms with E-state index in [0.717, 1.165) is 0 Å². The zero-order chi connectivity index (χ0) is 18.5. The number of ketones is 1. The smallest absolute Gasteiger partial charge is 0.349 e. The molecule has 1 aliphatic carbocycles. The largest absolute Gasteiger partial charge is 0.422 e. The van der Waals surface area contributed by atoms with Crippen LogP contribution in [0.15, 0.2) is 18.2 Å². The fourth-order valence-corrected chi connectivity index (χ4v) is 2.72. The highest BCUT2D eigenvalue weighted by Crippen LogP contribution is 2.34. The lowest BCUT2D eigenvalue weighted by Gasteiger charge is -2.10. The maximum Gasteiger partial charge on any atom is 0.349 e. The van der Waals surface area contributed by atoms with Crippen LogP contribution < -0.4 is 4.74 Å². The summed E-state index contributed by atoms with van der Waals surface area (Å²) in [5.74, 6) is -14.3. The van der Waals surface area contributed by atoms with Crippen LogP contribution in [0.1, 0.15) is 33.2 Å². The lowest BCUT2D eigenvalue weighted by Crippen LogP contribution is -2.18. The van der Waals surface area contributed by atoms with E-state index in [-0.39, 0.29) is 23.0 Å². The molecular weight excluding hydrogens is 347 g/mol. The second-order valence-corrected chi connectivity index (χ2v) is 5.59. The Morgan fingerprint density at radius 3 is 2.16 bits per heavy atom. The SMILES string of the molecule is CC1Cc2cccc(OC(=O)c3c(F)c(F)c(F)c(F)c3F)c2C1=O. The first-order valence-electron chi connectivity index (χ1n) is 7.13. The number of fused-ring (bicyclic) bond motifs is 1. The summed E-state index contributed by atoms with van der Waals surface area (Å²) in [6.07, 6.45) is 0.391. The molecule has 0 fully saturated rings. The van der Waals surface area contributed by atoms with Crippen LogP contribution in [-0.2, 0) is 6.42 Å². The Bertz CT molecular complexity index is 894. The van der Waals surface area contributed by atoms with Gasteiger partial charge in [0, 0.05) is 5.92 Å². The molecule has 0 N–H and O–H groups in total. The molecule has 2 aromatic rings. The number of Topliss-reactive ketones (excluding diaryl/α,β-unsaturated/α-hetero) is 1. The number of esters is 1. The quantitative estimate of drug-likeness (QED) is 0.269. The van der Waals surface area contributed by atoms with E-state index in [1.165, 1.54) is 12.1 Å². The van der Waals surface area contributed by atoms with E-state index in [9.17, 15) is 31.5 Å². The van der Waals surface area contributed by atoms with Crippen molar-refractivity contribution in [2.75, 3.05) is 0 Å². The molecule has 0 radical (unpaired) electrons. The van der Waals surface area contributed by atoms with Gasteiger partial charge in [0.05, 0.1) is 5.56 Å². The van der Waals surface area contributed by atoms with Gasteiger partial charge < -0.3 is 4.74 Å². The van der Waals surface area contributed by atoms with Crippen molar-refractivity contribution in [1.82, 2.24) is 0 Å². The summed E-state index contributed by atoms with van der Waals surface area (Å²) in [6.45, 7) is 1.65. The van der Waals surface area contributed by atoms with Crippen molar-refractivity contribution in [3.63, 3.8) is 0 Å². The fourth-order valence-electron chi connectivity index (χ4n) is 2.72. The minimum Gasteiger partial charge on any atom is -0.422 e. The maximum atomic E-state index is 13.7. The van der Waals surface area contributed by atoms with E-state index < -0.39 is 40.6 Å². The molecule has 3 rings (SSSR count). The molecule has 0 heterocycles. The molecule has 0 saturated heterocycles. The van der Waals surface area contributed by atoms with E-state index in [1.54, 1.807) is 13.0 Å². The predicted octanol–water partition coefficient (Wildman–Crippen LogP) is 3.98. The molecule has 0 amide bonds. The molecule has 130 valence electrons. The Morgan fingerprint density at radius 1 is 1.00 bits per heavy atom. The van der Waals surface area contributed by atoms with E-state index in [1.807, 2.05) is 0 Å². The molecule has 2 aromatic carbocycles. The molecule has 25 heavy (non-hydrogen) atoms. The third-order valence-corrected chi connectivity index (χ3v) is 3.95. The normalized spacial score (nSPS) is 16.1. The van der Waals surface area contributed by atoms with Crippen molar-refractivity contribution in [1.29, 1.82) is 0 Å². The highest BCUT2D eigenvalue weighted by atomic mass is 19.2. The molecule has 0 bridgehead atoms. The first-order chi connectivity index (χ1) is 11.7. The third kappa shape index (κ3) is 2.57. The van der Waals surface area contributed by atoms with Crippen molar-refractivity contribution in [2.24, 2.45) is 5.92 Å². The molecule has 0 aromatic heterocycles. The second kappa shape index (κ2) is 5.94. The van der Waals surface area contributed by atoms with Crippen LogP contribution in [0.2, 0.25) is 0 Å². The lowest BCUT2D eigenvalue weighted by molar-refractivity contribution is 0.0718. The first kappa shape index (κ1) is 17.1. The topological polar surface area (TPSA) is 43.4 Å². The standard InChI is InChI=1S/C17H9F5O3/c1-6-5-7-3-2-4-8(9(7)16(6)23)25-17(24)10-11(18)13(20)15(22)14(21)12(10)19/h2-4,6H,5H2,1H3. The van der Waals surface area contributed by atoms with E-state index in [2.05, 4.69) is 0 Å². The Morgan fingerprint density at radius 2 is 1.56 bits per heavy atom. The van der Waals surface area contributed by atoms with Gasteiger partial charge in [-0.05, 0) is 18.1 Å². The van der Waals surface area contributed by atoms with Gasteiger partial charge in [-0.1, -0.05) is 19.1 Å². The number of carbonyl (C=O) groups is 2. The molecular formula is C17H9F5O3. The van der Waals surface area contributed by atoms with Gasteiger partial charge in [-0.25, -0.2) is 26.7 Å². The van der Waals surface area contributed by atoms with Crippen molar-refractivity contribution in [2.45, 2.75) is 13.3 Å². The molecule has 0 saturated carbocycles. The van der Waals surface area contributed by atoms with E-state index in [4.69, 9.17) is 4.74 Å².